The van der Waals surface area contributed by atoms with Crippen LogP contribution in [-0.2, 0) is 0 Å². The van der Waals surface area contributed by atoms with Gasteiger partial charge in [0.05, 0.1) is 4.92 Å². The normalized spacial score (nSPS) is 12.8. The SMILES string of the molecule is [CH2]C(CO)c1ccc(C(C)C)c([N+](=O)[O-])c1. The third kappa shape index (κ3) is 2.58. The van der Waals surface area contributed by atoms with Crippen LogP contribution in [0.5, 0.6) is 0 Å². The van der Waals surface area contributed by atoms with Crippen LogP contribution in [0.4, 0.5) is 5.69 Å². The lowest BCUT2D eigenvalue weighted by molar-refractivity contribution is -0.385. The third-order valence-electron chi connectivity index (χ3n) is 2.56. The second-order valence-corrected chi connectivity index (χ2v) is 4.11. The summed E-state index contributed by atoms with van der Waals surface area (Å²) in [5, 5.41) is 19.9. The van der Waals surface area contributed by atoms with Crippen LogP contribution in [0.15, 0.2) is 18.2 Å². The van der Waals surface area contributed by atoms with Crippen LogP contribution in [0, 0.1) is 17.0 Å². The van der Waals surface area contributed by atoms with E-state index in [1.165, 1.54) is 6.07 Å². The van der Waals surface area contributed by atoms with Gasteiger partial charge in [-0.1, -0.05) is 26.0 Å². The van der Waals surface area contributed by atoms with E-state index in [9.17, 15) is 10.1 Å². The molecule has 0 aromatic heterocycles. The summed E-state index contributed by atoms with van der Waals surface area (Å²) in [7, 11) is 0. The van der Waals surface area contributed by atoms with Crippen molar-refractivity contribution in [1.29, 1.82) is 0 Å². The fourth-order valence-corrected chi connectivity index (χ4v) is 1.57. The summed E-state index contributed by atoms with van der Waals surface area (Å²) in [6.45, 7) is 7.44. The minimum absolute atomic E-state index is 0.104. The number of nitrogens with zero attached hydrogens (tertiary/aromatic N) is 1. The molecule has 1 atom stereocenters. The Kier molecular flexibility index (Phi) is 4.01. The van der Waals surface area contributed by atoms with E-state index >= 15 is 0 Å². The highest BCUT2D eigenvalue weighted by Gasteiger charge is 2.18. The van der Waals surface area contributed by atoms with Crippen molar-refractivity contribution in [2.24, 2.45) is 0 Å². The molecule has 1 aromatic carbocycles. The van der Waals surface area contributed by atoms with Crippen molar-refractivity contribution in [1.82, 2.24) is 0 Å². The van der Waals surface area contributed by atoms with Gasteiger partial charge in [0.1, 0.15) is 0 Å². The van der Waals surface area contributed by atoms with Crippen molar-refractivity contribution in [2.45, 2.75) is 25.7 Å². The first-order chi connectivity index (χ1) is 7.47. The van der Waals surface area contributed by atoms with Crippen LogP contribution < -0.4 is 0 Å². The van der Waals surface area contributed by atoms with Crippen LogP contribution in [0.1, 0.15) is 36.8 Å². The predicted molar refractivity (Wildman–Crippen MR) is 62.4 cm³/mol. The summed E-state index contributed by atoms with van der Waals surface area (Å²) in [6, 6.07) is 5.03. The summed E-state index contributed by atoms with van der Waals surface area (Å²) < 4.78 is 0. The number of aliphatic hydroxyl groups is 1. The molecule has 4 nitrogen and oxygen atoms in total. The molecule has 1 rings (SSSR count). The fourth-order valence-electron chi connectivity index (χ4n) is 1.57. The molecule has 1 unspecified atom stereocenters. The van der Waals surface area contributed by atoms with Crippen molar-refractivity contribution in [3.63, 3.8) is 0 Å². The predicted octanol–water partition coefficient (Wildman–Crippen LogP) is 2.63. The van der Waals surface area contributed by atoms with Gasteiger partial charge in [-0.2, -0.15) is 0 Å². The molecule has 1 N–H and O–H groups in total. The maximum Gasteiger partial charge on any atom is 0.273 e. The van der Waals surface area contributed by atoms with Gasteiger partial charge in [-0.25, -0.2) is 0 Å². The molecule has 87 valence electrons. The number of nitro groups is 1. The van der Waals surface area contributed by atoms with E-state index < -0.39 is 0 Å². The Morgan fingerprint density at radius 1 is 1.50 bits per heavy atom. The van der Waals surface area contributed by atoms with E-state index in [-0.39, 0.29) is 29.1 Å². The van der Waals surface area contributed by atoms with Crippen LogP contribution >= 0.6 is 0 Å². The molecule has 0 bridgehead atoms. The van der Waals surface area contributed by atoms with Crippen molar-refractivity contribution >= 4 is 5.69 Å². The Balaban J connectivity index is 3.23. The second kappa shape index (κ2) is 5.07. The zero-order chi connectivity index (χ0) is 12.3. The summed E-state index contributed by atoms with van der Waals surface area (Å²) in [6.07, 6.45) is 0. The Morgan fingerprint density at radius 3 is 2.56 bits per heavy atom. The lowest BCUT2D eigenvalue weighted by Crippen LogP contribution is -2.03. The number of hydrogen-bond acceptors (Lipinski definition) is 3. The molecule has 0 aliphatic heterocycles. The number of hydrogen-bond donors (Lipinski definition) is 1. The Morgan fingerprint density at radius 2 is 2.12 bits per heavy atom. The number of rotatable bonds is 4. The number of benzene rings is 1. The first-order valence-electron chi connectivity index (χ1n) is 5.19. The minimum atomic E-state index is -0.386. The zero-order valence-corrected chi connectivity index (χ0v) is 9.51. The Hall–Kier alpha value is -1.42. The van der Waals surface area contributed by atoms with E-state index in [0.717, 1.165) is 0 Å². The zero-order valence-electron chi connectivity index (χ0n) is 9.51. The monoisotopic (exact) mass is 222 g/mol. The molecule has 16 heavy (non-hydrogen) atoms. The van der Waals surface area contributed by atoms with E-state index in [2.05, 4.69) is 6.92 Å². The smallest absolute Gasteiger partial charge is 0.273 e. The lowest BCUT2D eigenvalue weighted by atomic mass is 9.95. The van der Waals surface area contributed by atoms with Gasteiger partial charge >= 0.3 is 0 Å². The van der Waals surface area contributed by atoms with Crippen molar-refractivity contribution in [2.75, 3.05) is 6.61 Å². The molecule has 0 spiro atoms. The van der Waals surface area contributed by atoms with Crippen molar-refractivity contribution in [3.05, 3.63) is 46.4 Å². The summed E-state index contributed by atoms with van der Waals surface area (Å²) in [5.41, 5.74) is 1.51. The van der Waals surface area contributed by atoms with E-state index in [4.69, 9.17) is 5.11 Å². The van der Waals surface area contributed by atoms with Gasteiger partial charge in [0.15, 0.2) is 0 Å². The fraction of sp³-hybridized carbons (Fsp3) is 0.417. The van der Waals surface area contributed by atoms with Crippen LogP contribution in [0.25, 0.3) is 0 Å². The molecule has 0 fully saturated rings. The Bertz CT molecular complexity index is 388. The maximum absolute atomic E-state index is 10.9. The van der Waals surface area contributed by atoms with Gasteiger partial charge < -0.3 is 5.11 Å². The molecule has 0 aliphatic carbocycles. The first kappa shape index (κ1) is 12.6. The molecular formula is C12H16NO3. The molecule has 4 heteroatoms. The van der Waals surface area contributed by atoms with Gasteiger partial charge in [-0.05, 0) is 18.4 Å². The van der Waals surface area contributed by atoms with Crippen LogP contribution in [0.3, 0.4) is 0 Å². The lowest BCUT2D eigenvalue weighted by Gasteiger charge is -2.11. The van der Waals surface area contributed by atoms with Crippen molar-refractivity contribution in [3.8, 4) is 0 Å². The van der Waals surface area contributed by atoms with E-state index in [1.807, 2.05) is 13.8 Å². The van der Waals surface area contributed by atoms with Gasteiger partial charge in [0.25, 0.3) is 5.69 Å². The van der Waals surface area contributed by atoms with Gasteiger partial charge in [-0.3, -0.25) is 10.1 Å². The van der Waals surface area contributed by atoms with E-state index in [1.54, 1.807) is 12.1 Å². The van der Waals surface area contributed by atoms with Gasteiger partial charge in [0, 0.05) is 24.2 Å². The van der Waals surface area contributed by atoms with Crippen molar-refractivity contribution < 1.29 is 10.0 Å². The molecule has 0 aliphatic rings. The highest BCUT2D eigenvalue weighted by molar-refractivity contribution is 5.46. The molecular weight excluding hydrogens is 206 g/mol. The van der Waals surface area contributed by atoms with Gasteiger partial charge in [-0.15, -0.1) is 0 Å². The number of aliphatic hydroxyl groups excluding tert-OH is 1. The molecule has 0 saturated carbocycles. The summed E-state index contributed by atoms with van der Waals surface area (Å²) in [5.74, 6) is -0.216. The highest BCUT2D eigenvalue weighted by Crippen LogP contribution is 2.29. The highest BCUT2D eigenvalue weighted by atomic mass is 16.6. The van der Waals surface area contributed by atoms with E-state index in [0.29, 0.717) is 11.1 Å². The average Bonchev–Trinajstić information content (AvgIpc) is 2.26. The molecule has 1 radical (unpaired) electrons. The average molecular weight is 222 g/mol. The molecule has 0 saturated heterocycles. The topological polar surface area (TPSA) is 63.4 Å². The third-order valence-corrected chi connectivity index (χ3v) is 2.56. The maximum atomic E-state index is 10.9. The largest absolute Gasteiger partial charge is 0.396 e. The van der Waals surface area contributed by atoms with Crippen LogP contribution in [0.2, 0.25) is 0 Å². The molecule has 0 heterocycles. The van der Waals surface area contributed by atoms with Gasteiger partial charge in [0.2, 0.25) is 0 Å². The number of nitro benzene ring substituents is 1. The molecule has 0 amide bonds. The molecule has 1 aromatic rings. The Labute approximate surface area is 95.1 Å². The summed E-state index contributed by atoms with van der Waals surface area (Å²) >= 11 is 0. The summed E-state index contributed by atoms with van der Waals surface area (Å²) in [4.78, 5) is 10.5. The standard InChI is InChI=1S/C12H16NO3/c1-8(2)11-5-4-10(9(3)7-14)6-12(11)13(15)16/h4-6,8-9,14H,3,7H2,1-2H3. The second-order valence-electron chi connectivity index (χ2n) is 4.11. The van der Waals surface area contributed by atoms with Crippen LogP contribution in [-0.4, -0.2) is 16.6 Å². The first-order valence-corrected chi connectivity index (χ1v) is 5.19. The quantitative estimate of drug-likeness (QED) is 0.629. The minimum Gasteiger partial charge on any atom is -0.396 e.